The molecule has 0 spiro atoms. The highest BCUT2D eigenvalue weighted by atomic mass is 35.5. The Kier molecular flexibility index (Phi) is 5.16. The van der Waals surface area contributed by atoms with E-state index in [0.29, 0.717) is 10.7 Å². The van der Waals surface area contributed by atoms with E-state index in [-0.39, 0.29) is 0 Å². The third-order valence-corrected chi connectivity index (χ3v) is 3.75. The molecule has 3 aromatic carbocycles. The lowest BCUT2D eigenvalue weighted by Crippen LogP contribution is -2.10. The van der Waals surface area contributed by atoms with Gasteiger partial charge in [0.25, 0.3) is 0 Å². The van der Waals surface area contributed by atoms with Crippen molar-refractivity contribution in [1.82, 2.24) is 0 Å². The molecule has 5 nitrogen and oxygen atoms in total. The quantitative estimate of drug-likeness (QED) is 0.403. The number of halogens is 1. The highest BCUT2D eigenvalue weighted by Crippen LogP contribution is 2.21. The Morgan fingerprint density at radius 2 is 1.76 bits per heavy atom. The van der Waals surface area contributed by atoms with Crippen LogP contribution in [0.1, 0.15) is 5.56 Å². The van der Waals surface area contributed by atoms with Crippen LogP contribution in [0.2, 0.25) is 5.02 Å². The van der Waals surface area contributed by atoms with Crippen LogP contribution in [-0.2, 0) is 4.84 Å². The van der Waals surface area contributed by atoms with Crippen LogP contribution >= 0.6 is 11.6 Å². The van der Waals surface area contributed by atoms with E-state index in [1.165, 1.54) is 6.21 Å². The molecule has 0 unspecified atom stereocenters. The van der Waals surface area contributed by atoms with Crippen LogP contribution in [0.4, 0.5) is 10.5 Å². The Hall–Kier alpha value is -3.05. The molecule has 0 saturated carbocycles. The normalized spacial score (nSPS) is 10.8. The molecule has 25 heavy (non-hydrogen) atoms. The van der Waals surface area contributed by atoms with E-state index >= 15 is 0 Å². The number of hydrogen-bond acceptors (Lipinski definition) is 4. The van der Waals surface area contributed by atoms with Crippen molar-refractivity contribution in [3.05, 3.63) is 71.2 Å². The molecular weight excluding hydrogens is 340 g/mol. The summed E-state index contributed by atoms with van der Waals surface area (Å²) < 4.78 is 5.20. The fourth-order valence-corrected chi connectivity index (χ4v) is 2.38. The average Bonchev–Trinajstić information content (AvgIpc) is 2.63. The number of ether oxygens (including phenoxy) is 1. The molecule has 1 amide bonds. The molecule has 0 aliphatic rings. The van der Waals surface area contributed by atoms with Crippen LogP contribution in [0, 0.1) is 0 Å². The Labute approximate surface area is 149 Å². The van der Waals surface area contributed by atoms with Crippen molar-refractivity contribution in [2.75, 3.05) is 12.4 Å². The summed E-state index contributed by atoms with van der Waals surface area (Å²) in [5.74, 6) is 0.802. The molecule has 0 atom stereocenters. The van der Waals surface area contributed by atoms with Crippen LogP contribution in [0.5, 0.6) is 5.75 Å². The van der Waals surface area contributed by atoms with E-state index in [1.54, 1.807) is 31.4 Å². The topological polar surface area (TPSA) is 59.9 Å². The fourth-order valence-electron chi connectivity index (χ4n) is 2.26. The number of hydrogen-bond donors (Lipinski definition) is 1. The monoisotopic (exact) mass is 354 g/mol. The van der Waals surface area contributed by atoms with E-state index in [0.717, 1.165) is 22.1 Å². The number of methoxy groups -OCH3 is 1. The second-order valence-electron chi connectivity index (χ2n) is 5.22. The van der Waals surface area contributed by atoms with Gasteiger partial charge in [-0.05, 0) is 58.8 Å². The standard InChI is InChI=1S/C19H15ClN2O3/c1-24-18-9-4-14-10-13(2-3-15(14)11-18)12-21-25-19(23)22-17-7-5-16(20)6-8-17/h2-12H,1H3,(H,22,23). The molecule has 0 heterocycles. The number of nitrogens with one attached hydrogen (secondary N) is 1. The zero-order valence-electron chi connectivity index (χ0n) is 13.4. The van der Waals surface area contributed by atoms with E-state index in [9.17, 15) is 4.79 Å². The average molecular weight is 355 g/mol. The number of fused-ring (bicyclic) bond motifs is 1. The van der Waals surface area contributed by atoms with Gasteiger partial charge in [0.2, 0.25) is 0 Å². The molecule has 0 saturated heterocycles. The van der Waals surface area contributed by atoms with Gasteiger partial charge in [-0.3, -0.25) is 10.2 Å². The van der Waals surface area contributed by atoms with Crippen LogP contribution < -0.4 is 10.1 Å². The largest absolute Gasteiger partial charge is 0.497 e. The highest BCUT2D eigenvalue weighted by molar-refractivity contribution is 6.30. The van der Waals surface area contributed by atoms with Gasteiger partial charge in [-0.15, -0.1) is 0 Å². The van der Waals surface area contributed by atoms with E-state index in [4.69, 9.17) is 21.2 Å². The smallest absolute Gasteiger partial charge is 0.437 e. The third kappa shape index (κ3) is 4.49. The maximum absolute atomic E-state index is 11.7. The van der Waals surface area contributed by atoms with Gasteiger partial charge < -0.3 is 4.74 Å². The number of rotatable bonds is 4. The highest BCUT2D eigenvalue weighted by Gasteiger charge is 2.02. The number of amides is 1. The summed E-state index contributed by atoms with van der Waals surface area (Å²) in [5, 5.41) is 8.94. The molecule has 6 heteroatoms. The van der Waals surface area contributed by atoms with E-state index in [1.807, 2.05) is 36.4 Å². The third-order valence-electron chi connectivity index (χ3n) is 3.50. The molecule has 0 aliphatic heterocycles. The number of oxime groups is 1. The molecule has 126 valence electrons. The fraction of sp³-hybridized carbons (Fsp3) is 0.0526. The number of carbonyl (C=O) groups excluding carboxylic acids is 1. The van der Waals surface area contributed by atoms with Crippen molar-refractivity contribution in [3.63, 3.8) is 0 Å². The molecular formula is C19H15ClN2O3. The lowest BCUT2D eigenvalue weighted by atomic mass is 10.1. The van der Waals surface area contributed by atoms with Crippen LogP contribution in [0.3, 0.4) is 0 Å². The Morgan fingerprint density at radius 3 is 2.52 bits per heavy atom. The number of carbonyl (C=O) groups is 1. The zero-order chi connectivity index (χ0) is 17.6. The SMILES string of the molecule is COc1ccc2cc(C=NOC(=O)Nc3ccc(Cl)cc3)ccc2c1. The number of nitrogens with zero attached hydrogens (tertiary/aromatic N) is 1. The van der Waals surface area contributed by atoms with Gasteiger partial charge in [0.05, 0.1) is 13.3 Å². The lowest BCUT2D eigenvalue weighted by molar-refractivity contribution is 0.167. The Bertz CT molecular complexity index is 924. The molecule has 1 N–H and O–H groups in total. The van der Waals surface area contributed by atoms with Gasteiger partial charge in [-0.1, -0.05) is 35.0 Å². The predicted octanol–water partition coefficient (Wildman–Crippen LogP) is 5.08. The molecule has 0 aliphatic carbocycles. The molecule has 0 radical (unpaired) electrons. The molecule has 0 bridgehead atoms. The summed E-state index contributed by atoms with van der Waals surface area (Å²) in [7, 11) is 1.63. The van der Waals surface area contributed by atoms with Gasteiger partial charge in [0.1, 0.15) is 5.75 Å². The van der Waals surface area contributed by atoms with E-state index in [2.05, 4.69) is 10.5 Å². The number of benzene rings is 3. The van der Waals surface area contributed by atoms with Crippen molar-refractivity contribution < 1.29 is 14.4 Å². The van der Waals surface area contributed by atoms with E-state index < -0.39 is 6.09 Å². The van der Waals surface area contributed by atoms with Gasteiger partial charge in [0, 0.05) is 10.7 Å². The predicted molar refractivity (Wildman–Crippen MR) is 99.6 cm³/mol. The van der Waals surface area contributed by atoms with Crippen molar-refractivity contribution in [1.29, 1.82) is 0 Å². The van der Waals surface area contributed by atoms with Gasteiger partial charge >= 0.3 is 6.09 Å². The van der Waals surface area contributed by atoms with Crippen LogP contribution in [-0.4, -0.2) is 19.4 Å². The lowest BCUT2D eigenvalue weighted by Gasteiger charge is -2.04. The summed E-state index contributed by atoms with van der Waals surface area (Å²) in [6, 6.07) is 18.3. The summed E-state index contributed by atoms with van der Waals surface area (Å²) >= 11 is 5.78. The first-order chi connectivity index (χ1) is 12.1. The first-order valence-corrected chi connectivity index (χ1v) is 7.86. The molecule has 0 aromatic heterocycles. The van der Waals surface area contributed by atoms with Crippen LogP contribution in [0.25, 0.3) is 10.8 Å². The summed E-state index contributed by atoms with van der Waals surface area (Å²) in [4.78, 5) is 16.5. The van der Waals surface area contributed by atoms with Gasteiger partial charge in [-0.25, -0.2) is 4.79 Å². The van der Waals surface area contributed by atoms with Crippen LogP contribution in [0.15, 0.2) is 65.8 Å². The van der Waals surface area contributed by atoms with Crippen molar-refractivity contribution in [2.45, 2.75) is 0 Å². The second-order valence-corrected chi connectivity index (χ2v) is 5.65. The van der Waals surface area contributed by atoms with Crippen molar-refractivity contribution in [3.8, 4) is 5.75 Å². The first-order valence-electron chi connectivity index (χ1n) is 7.49. The van der Waals surface area contributed by atoms with Crippen molar-refractivity contribution >= 4 is 40.4 Å². The minimum atomic E-state index is -0.677. The van der Waals surface area contributed by atoms with Gasteiger partial charge in [-0.2, -0.15) is 0 Å². The minimum Gasteiger partial charge on any atom is -0.497 e. The summed E-state index contributed by atoms with van der Waals surface area (Å²) in [6.45, 7) is 0. The maximum Gasteiger partial charge on any atom is 0.437 e. The maximum atomic E-state index is 11.7. The zero-order valence-corrected chi connectivity index (χ0v) is 14.2. The summed E-state index contributed by atoms with van der Waals surface area (Å²) in [6.07, 6.45) is 0.801. The molecule has 3 aromatic rings. The Balaban J connectivity index is 1.62. The minimum absolute atomic E-state index is 0.573. The summed E-state index contributed by atoms with van der Waals surface area (Å²) in [5.41, 5.74) is 1.39. The second kappa shape index (κ2) is 7.68. The molecule has 0 fully saturated rings. The Morgan fingerprint density at radius 1 is 1.04 bits per heavy atom. The van der Waals surface area contributed by atoms with Crippen molar-refractivity contribution in [2.24, 2.45) is 5.16 Å². The number of anilines is 1. The molecule has 3 rings (SSSR count). The van der Waals surface area contributed by atoms with Gasteiger partial charge in [0.15, 0.2) is 0 Å². The first kappa shape index (κ1) is 16.8.